The molecule has 1 heterocycles. The highest BCUT2D eigenvalue weighted by Crippen LogP contribution is 2.38. The van der Waals surface area contributed by atoms with Crippen LogP contribution in [0, 0.1) is 11.8 Å². The molecule has 1 aliphatic heterocycles. The predicted molar refractivity (Wildman–Crippen MR) is 110 cm³/mol. The first-order chi connectivity index (χ1) is 13.3. The first-order valence-electron chi connectivity index (χ1n) is 11.3. The van der Waals surface area contributed by atoms with E-state index < -0.39 is 0 Å². The molecule has 1 atom stereocenters. The summed E-state index contributed by atoms with van der Waals surface area (Å²) in [5.41, 5.74) is 2.72. The summed E-state index contributed by atoms with van der Waals surface area (Å²) in [6, 6.07) is 6.42. The largest absolute Gasteiger partial charge is 0.496 e. The Bertz CT molecular complexity index is 588. The lowest BCUT2D eigenvalue weighted by Crippen LogP contribution is -2.38. The third-order valence-electron chi connectivity index (χ3n) is 7.30. The number of hydrogen-bond donors (Lipinski definition) is 0. The average molecular weight is 372 g/mol. The van der Waals surface area contributed by atoms with Crippen LogP contribution in [0.4, 0.5) is 0 Å². The van der Waals surface area contributed by atoms with Gasteiger partial charge in [0.2, 0.25) is 0 Å². The van der Waals surface area contributed by atoms with Crippen molar-refractivity contribution in [1.82, 2.24) is 4.90 Å². The van der Waals surface area contributed by atoms with Crippen LogP contribution in [-0.4, -0.2) is 38.3 Å². The van der Waals surface area contributed by atoms with Crippen LogP contribution >= 0.6 is 0 Å². The van der Waals surface area contributed by atoms with Crippen LogP contribution in [0.2, 0.25) is 0 Å². The van der Waals surface area contributed by atoms with E-state index >= 15 is 0 Å². The Morgan fingerprint density at radius 2 is 1.70 bits per heavy atom. The zero-order chi connectivity index (χ0) is 18.5. The van der Waals surface area contributed by atoms with Gasteiger partial charge in [-0.15, -0.1) is 0 Å². The van der Waals surface area contributed by atoms with Gasteiger partial charge in [0, 0.05) is 6.54 Å². The topological polar surface area (TPSA) is 21.7 Å². The lowest BCUT2D eigenvalue weighted by molar-refractivity contribution is 0.0180. The van der Waals surface area contributed by atoms with Crippen molar-refractivity contribution >= 4 is 0 Å². The van der Waals surface area contributed by atoms with E-state index in [1.807, 2.05) is 0 Å². The number of methoxy groups -OCH3 is 1. The van der Waals surface area contributed by atoms with Gasteiger partial charge in [-0.05, 0) is 74.2 Å². The number of likely N-dealkylation sites (tertiary alicyclic amines) is 1. The molecule has 27 heavy (non-hydrogen) atoms. The van der Waals surface area contributed by atoms with Gasteiger partial charge >= 0.3 is 0 Å². The molecule has 0 bridgehead atoms. The maximum atomic E-state index is 6.36. The van der Waals surface area contributed by atoms with E-state index in [2.05, 4.69) is 23.1 Å². The summed E-state index contributed by atoms with van der Waals surface area (Å²) in [6.45, 7) is 4.50. The molecule has 1 aromatic rings. The molecule has 1 saturated carbocycles. The number of rotatable bonds is 6. The molecule has 2 fully saturated rings. The second kappa shape index (κ2) is 9.43. The van der Waals surface area contributed by atoms with Gasteiger partial charge in [0.05, 0.1) is 19.8 Å². The molecule has 1 unspecified atom stereocenters. The van der Waals surface area contributed by atoms with Gasteiger partial charge in [-0.2, -0.15) is 0 Å². The highest BCUT2D eigenvalue weighted by Gasteiger charge is 2.28. The zero-order valence-corrected chi connectivity index (χ0v) is 17.1. The number of benzene rings is 1. The number of fused-ring (bicyclic) bond motifs is 1. The molecular weight excluding hydrogens is 334 g/mol. The molecule has 0 amide bonds. The smallest absolute Gasteiger partial charge is 0.122 e. The van der Waals surface area contributed by atoms with Gasteiger partial charge in [-0.3, -0.25) is 0 Å². The van der Waals surface area contributed by atoms with Gasteiger partial charge in [-0.25, -0.2) is 0 Å². The molecule has 0 radical (unpaired) electrons. The van der Waals surface area contributed by atoms with Gasteiger partial charge in [-0.1, -0.05) is 44.2 Å². The number of ether oxygens (including phenoxy) is 2. The summed E-state index contributed by atoms with van der Waals surface area (Å²) in [4.78, 5) is 2.63. The highest BCUT2D eigenvalue weighted by molar-refractivity contribution is 5.42. The Kier molecular flexibility index (Phi) is 6.73. The summed E-state index contributed by atoms with van der Waals surface area (Å²) in [5.74, 6) is 3.07. The van der Waals surface area contributed by atoms with E-state index in [1.165, 1.54) is 75.6 Å². The molecule has 3 nitrogen and oxygen atoms in total. The molecule has 2 aliphatic carbocycles. The molecule has 0 spiro atoms. The third kappa shape index (κ3) is 4.68. The van der Waals surface area contributed by atoms with Crippen molar-refractivity contribution in [3.63, 3.8) is 0 Å². The Morgan fingerprint density at radius 3 is 2.48 bits per heavy atom. The van der Waals surface area contributed by atoms with Crippen LogP contribution in [0.1, 0.15) is 75.0 Å². The van der Waals surface area contributed by atoms with Crippen molar-refractivity contribution in [2.75, 3.05) is 33.4 Å². The fraction of sp³-hybridized carbons (Fsp3) is 0.750. The number of nitrogens with zero attached hydrogens (tertiary/aromatic N) is 1. The summed E-state index contributed by atoms with van der Waals surface area (Å²) in [7, 11) is 1.77. The monoisotopic (exact) mass is 371 g/mol. The van der Waals surface area contributed by atoms with Crippen LogP contribution in [-0.2, 0) is 11.2 Å². The minimum atomic E-state index is 0.253. The average Bonchev–Trinajstić information content (AvgIpc) is 2.74. The van der Waals surface area contributed by atoms with Crippen molar-refractivity contribution in [1.29, 1.82) is 0 Å². The Balaban J connectivity index is 1.22. The van der Waals surface area contributed by atoms with E-state index in [4.69, 9.17) is 9.47 Å². The lowest BCUT2D eigenvalue weighted by Gasteiger charge is -2.37. The van der Waals surface area contributed by atoms with E-state index in [0.29, 0.717) is 0 Å². The lowest BCUT2D eigenvalue weighted by atomic mass is 9.76. The van der Waals surface area contributed by atoms with Crippen molar-refractivity contribution < 1.29 is 9.47 Å². The van der Waals surface area contributed by atoms with E-state index in [9.17, 15) is 0 Å². The fourth-order valence-electron chi connectivity index (χ4n) is 5.71. The van der Waals surface area contributed by atoms with Crippen LogP contribution in [0.25, 0.3) is 0 Å². The van der Waals surface area contributed by atoms with Crippen LogP contribution < -0.4 is 4.74 Å². The van der Waals surface area contributed by atoms with Gasteiger partial charge in [0.15, 0.2) is 0 Å². The van der Waals surface area contributed by atoms with Gasteiger partial charge in [0.1, 0.15) is 5.75 Å². The summed E-state index contributed by atoms with van der Waals surface area (Å²) < 4.78 is 11.9. The molecule has 1 aromatic carbocycles. The minimum absolute atomic E-state index is 0.253. The number of piperidine rings is 1. The molecule has 3 aliphatic rings. The van der Waals surface area contributed by atoms with E-state index in [-0.39, 0.29) is 6.10 Å². The fourth-order valence-corrected chi connectivity index (χ4v) is 5.71. The van der Waals surface area contributed by atoms with E-state index in [0.717, 1.165) is 43.6 Å². The molecule has 4 rings (SSSR count). The maximum Gasteiger partial charge on any atom is 0.122 e. The highest BCUT2D eigenvalue weighted by atomic mass is 16.5. The quantitative estimate of drug-likeness (QED) is 0.670. The van der Waals surface area contributed by atoms with Gasteiger partial charge < -0.3 is 14.4 Å². The first kappa shape index (κ1) is 19.3. The molecule has 1 saturated heterocycles. The predicted octanol–water partition coefficient (Wildman–Crippen LogP) is 5.38. The van der Waals surface area contributed by atoms with Crippen LogP contribution in [0.3, 0.4) is 0 Å². The number of hydrogen-bond acceptors (Lipinski definition) is 3. The molecule has 3 heteroatoms. The molecule has 0 N–H and O–H groups in total. The van der Waals surface area contributed by atoms with Crippen molar-refractivity contribution in [3.05, 3.63) is 29.3 Å². The van der Waals surface area contributed by atoms with Crippen molar-refractivity contribution in [2.24, 2.45) is 11.8 Å². The SMILES string of the molecule is COc1cccc2c1CCCC2OCCN1CCC(C2CCCCC2)CC1. The summed E-state index contributed by atoms with van der Waals surface area (Å²) in [6.07, 6.45) is 14.0. The minimum Gasteiger partial charge on any atom is -0.496 e. The first-order valence-corrected chi connectivity index (χ1v) is 11.3. The van der Waals surface area contributed by atoms with Crippen LogP contribution in [0.15, 0.2) is 18.2 Å². The normalized spacial score (nSPS) is 25.3. The Hall–Kier alpha value is -1.06. The third-order valence-corrected chi connectivity index (χ3v) is 7.30. The molecule has 150 valence electrons. The summed E-state index contributed by atoms with van der Waals surface area (Å²) >= 11 is 0. The van der Waals surface area contributed by atoms with Crippen LogP contribution in [0.5, 0.6) is 5.75 Å². The standard InChI is InChI=1S/C24H37NO2/c1-26-23-11-5-10-22-21(23)9-6-12-24(22)27-18-17-25-15-13-20(14-16-25)19-7-3-2-4-8-19/h5,10-11,19-20,24H,2-4,6-9,12-18H2,1H3. The Morgan fingerprint density at radius 1 is 0.926 bits per heavy atom. The molecule has 0 aromatic heterocycles. The summed E-state index contributed by atoms with van der Waals surface area (Å²) in [5, 5.41) is 0. The molecular formula is C24H37NO2. The van der Waals surface area contributed by atoms with Crippen molar-refractivity contribution in [3.8, 4) is 5.75 Å². The van der Waals surface area contributed by atoms with Crippen molar-refractivity contribution in [2.45, 2.75) is 70.3 Å². The Labute approximate surface area is 165 Å². The second-order valence-electron chi connectivity index (χ2n) is 8.86. The zero-order valence-electron chi connectivity index (χ0n) is 17.1. The maximum absolute atomic E-state index is 6.36. The van der Waals surface area contributed by atoms with Gasteiger partial charge in [0.25, 0.3) is 0 Å². The van der Waals surface area contributed by atoms with E-state index in [1.54, 1.807) is 7.11 Å². The second-order valence-corrected chi connectivity index (χ2v) is 8.86.